The number of rotatable bonds is 6. The van der Waals surface area contributed by atoms with E-state index in [0.717, 1.165) is 94.3 Å². The Bertz CT molecular complexity index is 3330. The molecule has 3 heteroatoms. The summed E-state index contributed by atoms with van der Waals surface area (Å²) in [6.45, 7) is 4.69. The van der Waals surface area contributed by atoms with E-state index >= 15 is 0 Å². The Morgan fingerprint density at radius 2 is 0.817 bits per heavy atom. The fraction of sp³-hybridized carbons (Fsp3) is 0.0526. The topological polar surface area (TPSA) is 29.5 Å². The van der Waals surface area contributed by atoms with Gasteiger partial charge in [-0.15, -0.1) is 0 Å². The van der Waals surface area contributed by atoms with Crippen molar-refractivity contribution in [1.29, 1.82) is 0 Å². The third kappa shape index (κ3) is 5.29. The minimum Gasteiger partial charge on any atom is -0.456 e. The van der Waals surface area contributed by atoms with Crippen molar-refractivity contribution in [3.8, 4) is 44.5 Å². The van der Waals surface area contributed by atoms with Crippen molar-refractivity contribution >= 4 is 60.9 Å². The first-order chi connectivity index (χ1) is 29.5. The molecule has 0 spiro atoms. The van der Waals surface area contributed by atoms with Crippen LogP contribution in [-0.4, -0.2) is 0 Å². The van der Waals surface area contributed by atoms with Crippen molar-refractivity contribution in [3.63, 3.8) is 0 Å². The smallest absolute Gasteiger partial charge is 0.136 e. The van der Waals surface area contributed by atoms with E-state index in [1.807, 2.05) is 12.1 Å². The summed E-state index contributed by atoms with van der Waals surface area (Å²) in [6, 6.07) is 72.0. The average Bonchev–Trinajstić information content (AvgIpc) is 3.95. The minimum atomic E-state index is -0.100. The summed E-state index contributed by atoms with van der Waals surface area (Å²) in [7, 11) is 0. The lowest BCUT2D eigenvalue weighted by atomic mass is 9.82. The van der Waals surface area contributed by atoms with E-state index in [2.05, 4.69) is 207 Å². The minimum absolute atomic E-state index is 0.100. The monoisotopic (exact) mass is 769 g/mol. The molecule has 0 atom stereocenters. The maximum atomic E-state index is 6.38. The average molecular weight is 770 g/mol. The van der Waals surface area contributed by atoms with Gasteiger partial charge in [-0.2, -0.15) is 0 Å². The van der Waals surface area contributed by atoms with Crippen LogP contribution in [0.3, 0.4) is 0 Å². The van der Waals surface area contributed by atoms with Gasteiger partial charge < -0.3 is 13.7 Å². The third-order valence-corrected chi connectivity index (χ3v) is 12.7. The Labute approximate surface area is 348 Å². The molecular formula is C57H39NO2. The van der Waals surface area contributed by atoms with Crippen molar-refractivity contribution < 1.29 is 8.83 Å². The van der Waals surface area contributed by atoms with Gasteiger partial charge in [-0.25, -0.2) is 0 Å². The number of hydrogen-bond donors (Lipinski definition) is 0. The second-order valence-corrected chi connectivity index (χ2v) is 16.5. The van der Waals surface area contributed by atoms with Gasteiger partial charge in [-0.1, -0.05) is 135 Å². The van der Waals surface area contributed by atoms with Gasteiger partial charge >= 0.3 is 0 Å². The van der Waals surface area contributed by atoms with E-state index in [0.29, 0.717) is 0 Å². The molecule has 11 aromatic rings. The number of furan rings is 2. The van der Waals surface area contributed by atoms with E-state index in [4.69, 9.17) is 8.83 Å². The maximum Gasteiger partial charge on any atom is 0.136 e. The van der Waals surface area contributed by atoms with Crippen molar-refractivity contribution in [2.45, 2.75) is 19.3 Å². The van der Waals surface area contributed by atoms with Crippen LogP contribution in [0.25, 0.3) is 88.4 Å². The molecule has 284 valence electrons. The summed E-state index contributed by atoms with van der Waals surface area (Å²) in [6.07, 6.45) is 0. The molecule has 0 N–H and O–H groups in total. The Morgan fingerprint density at radius 1 is 0.333 bits per heavy atom. The van der Waals surface area contributed by atoms with E-state index in [-0.39, 0.29) is 5.41 Å². The van der Waals surface area contributed by atoms with Gasteiger partial charge in [0.2, 0.25) is 0 Å². The zero-order valence-electron chi connectivity index (χ0n) is 33.3. The van der Waals surface area contributed by atoms with E-state index in [1.54, 1.807) is 0 Å². The molecule has 1 aliphatic carbocycles. The molecule has 0 saturated carbocycles. The Balaban J connectivity index is 1.03. The highest BCUT2D eigenvalue weighted by molar-refractivity contribution is 6.15. The quantitative estimate of drug-likeness (QED) is 0.169. The summed E-state index contributed by atoms with van der Waals surface area (Å²) in [5, 5.41) is 4.47. The fourth-order valence-corrected chi connectivity index (χ4v) is 9.79. The predicted octanol–water partition coefficient (Wildman–Crippen LogP) is 16.3. The molecule has 0 saturated heterocycles. The van der Waals surface area contributed by atoms with Gasteiger partial charge in [-0.3, -0.25) is 0 Å². The molecule has 2 heterocycles. The second-order valence-electron chi connectivity index (χ2n) is 16.5. The molecular weight excluding hydrogens is 731 g/mol. The van der Waals surface area contributed by atoms with Crippen LogP contribution in [0.4, 0.5) is 17.1 Å². The van der Waals surface area contributed by atoms with E-state index in [1.165, 1.54) is 22.3 Å². The standard InChI is InChI=1S/C57H39NO2/c1-57(2)49-21-9-6-16-45(49)46-31-30-42(35-50(46)57)58(40-14-4-3-5-15-40)41-28-26-36(27-29-41)37-32-38(43-19-12-24-53-55(43)47-17-7-10-22-51(47)59-53)34-39(33-37)44-20-13-25-54-56(44)48-18-8-11-23-52(48)60-54/h3-35H,1-2H3. The molecule has 12 rings (SSSR count). The van der Waals surface area contributed by atoms with Gasteiger partial charge in [0.25, 0.3) is 0 Å². The van der Waals surface area contributed by atoms with Crippen LogP contribution in [0, 0.1) is 0 Å². The highest BCUT2D eigenvalue weighted by Gasteiger charge is 2.35. The number of hydrogen-bond acceptors (Lipinski definition) is 3. The highest BCUT2D eigenvalue weighted by atomic mass is 16.3. The number of anilines is 3. The number of fused-ring (bicyclic) bond motifs is 9. The normalized spacial score (nSPS) is 13.0. The number of para-hydroxylation sites is 3. The van der Waals surface area contributed by atoms with Crippen LogP contribution in [0.5, 0.6) is 0 Å². The molecule has 0 amide bonds. The van der Waals surface area contributed by atoms with Gasteiger partial charge in [0.15, 0.2) is 0 Å². The van der Waals surface area contributed by atoms with Crippen molar-refractivity contribution in [1.82, 2.24) is 0 Å². The van der Waals surface area contributed by atoms with Gasteiger partial charge in [-0.05, 0) is 134 Å². The second kappa shape index (κ2) is 13.2. The third-order valence-electron chi connectivity index (χ3n) is 12.7. The summed E-state index contributed by atoms with van der Waals surface area (Å²) in [4.78, 5) is 2.38. The molecule has 0 bridgehead atoms. The molecule has 2 aromatic heterocycles. The van der Waals surface area contributed by atoms with Crippen LogP contribution in [0.15, 0.2) is 209 Å². The number of benzene rings is 9. The van der Waals surface area contributed by atoms with Crippen LogP contribution in [0.2, 0.25) is 0 Å². The van der Waals surface area contributed by atoms with E-state index < -0.39 is 0 Å². The lowest BCUT2D eigenvalue weighted by molar-refractivity contribution is 0.660. The largest absolute Gasteiger partial charge is 0.456 e. The van der Waals surface area contributed by atoms with Gasteiger partial charge in [0, 0.05) is 44.0 Å². The van der Waals surface area contributed by atoms with Crippen LogP contribution in [-0.2, 0) is 5.41 Å². The summed E-state index contributed by atoms with van der Waals surface area (Å²) >= 11 is 0. The molecule has 0 unspecified atom stereocenters. The van der Waals surface area contributed by atoms with E-state index in [9.17, 15) is 0 Å². The maximum absolute atomic E-state index is 6.38. The highest BCUT2D eigenvalue weighted by Crippen LogP contribution is 2.51. The van der Waals surface area contributed by atoms with Crippen molar-refractivity contribution in [2.75, 3.05) is 4.90 Å². The lowest BCUT2D eigenvalue weighted by Crippen LogP contribution is -2.16. The van der Waals surface area contributed by atoms with Gasteiger partial charge in [0.05, 0.1) is 0 Å². The SMILES string of the molecule is CC1(C)c2ccccc2-c2ccc(N(c3ccccc3)c3ccc(-c4cc(-c5cccc6oc7ccccc7c56)cc(-c5cccc6oc7ccccc7c56)c4)cc3)cc21. The Morgan fingerprint density at radius 3 is 1.47 bits per heavy atom. The molecule has 60 heavy (non-hydrogen) atoms. The first kappa shape index (κ1) is 34.4. The van der Waals surface area contributed by atoms with Crippen LogP contribution < -0.4 is 4.90 Å². The summed E-state index contributed by atoms with van der Waals surface area (Å²) < 4.78 is 12.8. The molecule has 9 aromatic carbocycles. The lowest BCUT2D eigenvalue weighted by Gasteiger charge is -2.28. The van der Waals surface area contributed by atoms with Crippen LogP contribution >= 0.6 is 0 Å². The van der Waals surface area contributed by atoms with Crippen molar-refractivity contribution in [3.05, 3.63) is 211 Å². The first-order valence-corrected chi connectivity index (χ1v) is 20.7. The summed E-state index contributed by atoms with van der Waals surface area (Å²) in [5.41, 5.74) is 19.0. The van der Waals surface area contributed by atoms with Crippen LogP contribution in [0.1, 0.15) is 25.0 Å². The molecule has 0 aliphatic heterocycles. The molecule has 1 aliphatic rings. The number of nitrogens with zero attached hydrogens (tertiary/aromatic N) is 1. The Kier molecular flexibility index (Phi) is 7.58. The molecule has 0 fully saturated rings. The summed E-state index contributed by atoms with van der Waals surface area (Å²) in [5.74, 6) is 0. The zero-order chi connectivity index (χ0) is 40.0. The first-order valence-electron chi connectivity index (χ1n) is 20.7. The zero-order valence-corrected chi connectivity index (χ0v) is 33.3. The fourth-order valence-electron chi connectivity index (χ4n) is 9.79. The molecule has 3 nitrogen and oxygen atoms in total. The Hall–Kier alpha value is -7.62. The predicted molar refractivity (Wildman–Crippen MR) is 250 cm³/mol. The van der Waals surface area contributed by atoms with Crippen molar-refractivity contribution in [2.24, 2.45) is 0 Å². The van der Waals surface area contributed by atoms with Gasteiger partial charge in [0.1, 0.15) is 22.3 Å². The molecule has 0 radical (unpaired) electrons.